The van der Waals surface area contributed by atoms with Crippen molar-refractivity contribution in [1.82, 2.24) is 24.7 Å². The van der Waals surface area contributed by atoms with Gasteiger partial charge in [-0.1, -0.05) is 0 Å². The van der Waals surface area contributed by atoms with Crippen molar-refractivity contribution >= 4 is 11.5 Å². The first-order valence-corrected chi connectivity index (χ1v) is 7.09. The predicted octanol–water partition coefficient (Wildman–Crippen LogP) is 2.04. The Kier molecular flexibility index (Phi) is 3.67. The van der Waals surface area contributed by atoms with Crippen LogP contribution in [0.15, 0.2) is 12.1 Å². The molecule has 2 heterocycles. The minimum absolute atomic E-state index is 0.0773. The number of hydrogen-bond acceptors (Lipinski definition) is 5. The number of likely N-dealkylation sites (N-methyl/N-ethyl adjacent to an activating group) is 1. The minimum Gasteiger partial charge on any atom is -0.364 e. The first kappa shape index (κ1) is 15.0. The minimum atomic E-state index is -4.58. The molecule has 1 N–H and O–H groups in total. The Morgan fingerprint density at radius 2 is 2.00 bits per heavy atom. The van der Waals surface area contributed by atoms with Gasteiger partial charge in [-0.25, -0.2) is 0 Å². The van der Waals surface area contributed by atoms with E-state index in [2.05, 4.69) is 25.5 Å². The second kappa shape index (κ2) is 5.38. The van der Waals surface area contributed by atoms with Crippen molar-refractivity contribution in [3.05, 3.63) is 18.0 Å². The third kappa shape index (κ3) is 2.72. The van der Waals surface area contributed by atoms with Gasteiger partial charge in [-0.2, -0.15) is 17.7 Å². The molecule has 0 spiro atoms. The number of rotatable bonds is 3. The fourth-order valence-corrected chi connectivity index (χ4v) is 2.96. The van der Waals surface area contributed by atoms with E-state index in [0.29, 0.717) is 11.9 Å². The average molecular weight is 314 g/mol. The molecule has 2 atom stereocenters. The molecule has 1 aliphatic rings. The third-order valence-corrected chi connectivity index (χ3v) is 3.99. The lowest BCUT2D eigenvalue weighted by molar-refractivity contribution is -0.146. The summed E-state index contributed by atoms with van der Waals surface area (Å²) in [5.41, 5.74) is 0.0773. The monoisotopic (exact) mass is 314 g/mol. The highest BCUT2D eigenvalue weighted by Crippen LogP contribution is 2.28. The Balaban J connectivity index is 1.89. The first-order valence-electron chi connectivity index (χ1n) is 7.09. The second-order valence-electron chi connectivity index (χ2n) is 5.72. The molecule has 9 heteroatoms. The van der Waals surface area contributed by atoms with E-state index >= 15 is 0 Å². The summed E-state index contributed by atoms with van der Waals surface area (Å²) in [6.45, 7) is 0. The molecule has 0 amide bonds. The zero-order valence-corrected chi connectivity index (χ0v) is 12.3. The van der Waals surface area contributed by atoms with E-state index < -0.39 is 12.0 Å². The molecular weight excluding hydrogens is 297 g/mol. The van der Waals surface area contributed by atoms with Crippen molar-refractivity contribution in [2.75, 3.05) is 19.4 Å². The molecule has 3 rings (SSSR count). The van der Waals surface area contributed by atoms with Gasteiger partial charge in [0.25, 0.3) is 5.82 Å². The first-order chi connectivity index (χ1) is 10.4. The third-order valence-electron chi connectivity index (χ3n) is 3.99. The second-order valence-corrected chi connectivity index (χ2v) is 5.72. The Bertz CT molecular complexity index is 665. The number of fused-ring (bicyclic) bond motifs is 1. The fraction of sp³-hybridized carbons (Fsp3) is 0.615. The molecule has 1 aliphatic carbocycles. The summed E-state index contributed by atoms with van der Waals surface area (Å²) in [7, 11) is 4.01. The smallest absolute Gasteiger partial charge is 0.364 e. The summed E-state index contributed by atoms with van der Waals surface area (Å²) in [6.07, 6.45) is -1.46. The Labute approximate surface area is 125 Å². The zero-order chi connectivity index (χ0) is 15.9. The van der Waals surface area contributed by atoms with E-state index in [1.165, 1.54) is 6.07 Å². The zero-order valence-electron chi connectivity index (χ0n) is 12.3. The molecular formula is C13H17F3N6. The van der Waals surface area contributed by atoms with Crippen molar-refractivity contribution in [3.63, 3.8) is 0 Å². The standard InChI is InChI=1S/C13H17F3N6/c1-21(2)9-5-3-4-8(9)17-10-6-7-11-18-19-12(13(14,15)16)22(11)20-10/h6-9H,3-5H2,1-2H3,(H,17,20). The topological polar surface area (TPSA) is 58.3 Å². The summed E-state index contributed by atoms with van der Waals surface area (Å²) in [4.78, 5) is 2.13. The summed E-state index contributed by atoms with van der Waals surface area (Å²) in [5.74, 6) is -0.710. The molecule has 120 valence electrons. The van der Waals surface area contributed by atoms with Gasteiger partial charge in [-0.15, -0.1) is 15.3 Å². The maximum atomic E-state index is 12.9. The van der Waals surface area contributed by atoms with E-state index in [-0.39, 0.29) is 11.7 Å². The normalized spacial score (nSPS) is 22.6. The summed E-state index contributed by atoms with van der Waals surface area (Å²) in [5, 5.41) is 13.9. The van der Waals surface area contributed by atoms with E-state index in [1.54, 1.807) is 6.07 Å². The van der Waals surface area contributed by atoms with Crippen molar-refractivity contribution in [2.24, 2.45) is 0 Å². The van der Waals surface area contributed by atoms with E-state index in [9.17, 15) is 13.2 Å². The number of nitrogens with one attached hydrogen (secondary N) is 1. The SMILES string of the molecule is CN(C)C1CCCC1Nc1ccc2nnc(C(F)(F)F)n2n1. The Morgan fingerprint density at radius 3 is 2.68 bits per heavy atom. The highest BCUT2D eigenvalue weighted by molar-refractivity contribution is 5.45. The van der Waals surface area contributed by atoms with Gasteiger partial charge >= 0.3 is 6.18 Å². The van der Waals surface area contributed by atoms with Gasteiger partial charge < -0.3 is 10.2 Å². The molecule has 1 fully saturated rings. The lowest BCUT2D eigenvalue weighted by atomic mass is 10.1. The van der Waals surface area contributed by atoms with Crippen LogP contribution in [0.1, 0.15) is 25.1 Å². The molecule has 0 bridgehead atoms. The highest BCUT2D eigenvalue weighted by Gasteiger charge is 2.38. The van der Waals surface area contributed by atoms with Crippen LogP contribution >= 0.6 is 0 Å². The Hall–Kier alpha value is -1.90. The number of halogens is 3. The molecule has 0 saturated heterocycles. The molecule has 2 aromatic rings. The van der Waals surface area contributed by atoms with Crippen LogP contribution < -0.4 is 5.32 Å². The van der Waals surface area contributed by atoms with Crippen molar-refractivity contribution < 1.29 is 13.2 Å². The lowest BCUT2D eigenvalue weighted by Gasteiger charge is -2.27. The van der Waals surface area contributed by atoms with Crippen LogP contribution in [0.2, 0.25) is 0 Å². The molecule has 1 saturated carbocycles. The van der Waals surface area contributed by atoms with E-state index in [0.717, 1.165) is 23.8 Å². The molecule has 0 aliphatic heterocycles. The largest absolute Gasteiger partial charge is 0.453 e. The predicted molar refractivity (Wildman–Crippen MR) is 74.5 cm³/mol. The van der Waals surface area contributed by atoms with E-state index in [4.69, 9.17) is 0 Å². The van der Waals surface area contributed by atoms with Gasteiger partial charge in [-0.3, -0.25) is 0 Å². The summed E-state index contributed by atoms with van der Waals surface area (Å²) >= 11 is 0. The van der Waals surface area contributed by atoms with Gasteiger partial charge in [0.05, 0.1) is 0 Å². The molecule has 2 unspecified atom stereocenters. The van der Waals surface area contributed by atoms with Gasteiger partial charge in [0.15, 0.2) is 5.65 Å². The number of anilines is 1. The molecule has 0 aromatic carbocycles. The highest BCUT2D eigenvalue weighted by atomic mass is 19.4. The molecule has 6 nitrogen and oxygen atoms in total. The fourth-order valence-electron chi connectivity index (χ4n) is 2.96. The maximum absolute atomic E-state index is 12.9. The van der Waals surface area contributed by atoms with Gasteiger partial charge in [0, 0.05) is 12.1 Å². The number of nitrogens with zero attached hydrogens (tertiary/aromatic N) is 5. The van der Waals surface area contributed by atoms with Gasteiger partial charge in [0.2, 0.25) is 0 Å². The number of hydrogen-bond donors (Lipinski definition) is 1. The van der Waals surface area contributed by atoms with Crippen molar-refractivity contribution in [3.8, 4) is 0 Å². The van der Waals surface area contributed by atoms with E-state index in [1.807, 2.05) is 14.1 Å². The Morgan fingerprint density at radius 1 is 1.23 bits per heavy atom. The summed E-state index contributed by atoms with van der Waals surface area (Å²) in [6, 6.07) is 3.64. The molecule has 22 heavy (non-hydrogen) atoms. The molecule has 0 radical (unpaired) electrons. The molecule has 2 aromatic heterocycles. The quantitative estimate of drug-likeness (QED) is 0.939. The van der Waals surface area contributed by atoms with Crippen LogP contribution in [0.4, 0.5) is 19.0 Å². The van der Waals surface area contributed by atoms with Crippen LogP contribution in [-0.4, -0.2) is 50.9 Å². The van der Waals surface area contributed by atoms with Crippen LogP contribution in [0.25, 0.3) is 5.65 Å². The number of alkyl halides is 3. The van der Waals surface area contributed by atoms with Gasteiger partial charge in [-0.05, 0) is 45.5 Å². The lowest BCUT2D eigenvalue weighted by Crippen LogP contribution is -2.39. The van der Waals surface area contributed by atoms with Crippen molar-refractivity contribution in [2.45, 2.75) is 37.5 Å². The van der Waals surface area contributed by atoms with Crippen LogP contribution in [-0.2, 0) is 6.18 Å². The summed E-state index contributed by atoms with van der Waals surface area (Å²) < 4.78 is 39.3. The van der Waals surface area contributed by atoms with Crippen LogP contribution in [0.5, 0.6) is 0 Å². The van der Waals surface area contributed by atoms with Crippen molar-refractivity contribution in [1.29, 1.82) is 0 Å². The average Bonchev–Trinajstić information content (AvgIpc) is 3.03. The maximum Gasteiger partial charge on any atom is 0.453 e. The van der Waals surface area contributed by atoms with Crippen LogP contribution in [0, 0.1) is 0 Å². The number of aromatic nitrogens is 4. The van der Waals surface area contributed by atoms with Gasteiger partial charge in [0.1, 0.15) is 5.82 Å². The van der Waals surface area contributed by atoms with Crippen LogP contribution in [0.3, 0.4) is 0 Å².